The van der Waals surface area contributed by atoms with Crippen LogP contribution >= 0.6 is 0 Å². The van der Waals surface area contributed by atoms with E-state index in [1.807, 2.05) is 36.1 Å². The summed E-state index contributed by atoms with van der Waals surface area (Å²) in [5.74, 6) is -1.87. The first-order valence-corrected chi connectivity index (χ1v) is 8.52. The molecule has 2 aromatic rings. The molecule has 2 aromatic carbocycles. The predicted molar refractivity (Wildman–Crippen MR) is 92.1 cm³/mol. The summed E-state index contributed by atoms with van der Waals surface area (Å²) in [6, 6.07) is 11.4. The molecular weight excluding hydrogens is 324 g/mol. The van der Waals surface area contributed by atoms with Crippen LogP contribution in [0.25, 0.3) is 0 Å². The van der Waals surface area contributed by atoms with Gasteiger partial charge in [0.25, 0.3) is 0 Å². The summed E-state index contributed by atoms with van der Waals surface area (Å²) in [4.78, 5) is 2.04. The van der Waals surface area contributed by atoms with E-state index in [-0.39, 0.29) is 0 Å². The molecule has 134 valence electrons. The van der Waals surface area contributed by atoms with Gasteiger partial charge in [-0.15, -0.1) is 0 Å². The maximum atomic E-state index is 13.3. The van der Waals surface area contributed by atoms with Gasteiger partial charge in [-0.05, 0) is 43.0 Å². The van der Waals surface area contributed by atoms with Crippen LogP contribution in [0.2, 0.25) is 0 Å². The van der Waals surface area contributed by atoms with E-state index < -0.39 is 23.3 Å². The van der Waals surface area contributed by atoms with Gasteiger partial charge in [-0.2, -0.15) is 0 Å². The smallest absolute Gasteiger partial charge is 0.159 e. The fraction of sp³-hybridized carbons (Fsp3) is 0.400. The molecule has 1 fully saturated rings. The van der Waals surface area contributed by atoms with E-state index in [2.05, 4.69) is 0 Å². The maximum absolute atomic E-state index is 13.3. The molecule has 0 saturated carbocycles. The third-order valence-corrected chi connectivity index (χ3v) is 5.00. The summed E-state index contributed by atoms with van der Waals surface area (Å²) < 4.78 is 26.3. The number of piperidine rings is 1. The predicted octanol–water partition coefficient (Wildman–Crippen LogP) is 3.29. The lowest BCUT2D eigenvalue weighted by molar-refractivity contribution is -0.0345. The second-order valence-corrected chi connectivity index (χ2v) is 6.89. The molecule has 1 heterocycles. The van der Waals surface area contributed by atoms with Gasteiger partial charge in [0.15, 0.2) is 11.6 Å². The highest BCUT2D eigenvalue weighted by Gasteiger charge is 2.34. The van der Waals surface area contributed by atoms with E-state index in [1.54, 1.807) is 0 Å². The standard InChI is InChI=1S/C20H23F2NO2/c1-14-3-2-4-16(11-14)20(25)7-9-23(10-8-20)13-19(24)15-5-6-17(21)18(22)12-15/h2-6,11-12,19,24-25H,7-10,13H2,1H3/t19-/m0/s1. The van der Waals surface area contributed by atoms with Gasteiger partial charge < -0.3 is 15.1 Å². The average molecular weight is 347 g/mol. The van der Waals surface area contributed by atoms with Crippen molar-refractivity contribution in [1.29, 1.82) is 0 Å². The molecule has 0 aromatic heterocycles. The summed E-state index contributed by atoms with van der Waals surface area (Å²) in [5.41, 5.74) is 1.55. The largest absolute Gasteiger partial charge is 0.387 e. The molecule has 0 spiro atoms. The molecule has 3 rings (SSSR count). The van der Waals surface area contributed by atoms with Gasteiger partial charge >= 0.3 is 0 Å². The van der Waals surface area contributed by atoms with Gasteiger partial charge in [0.1, 0.15) is 0 Å². The monoisotopic (exact) mass is 347 g/mol. The maximum Gasteiger partial charge on any atom is 0.159 e. The van der Waals surface area contributed by atoms with Crippen molar-refractivity contribution >= 4 is 0 Å². The van der Waals surface area contributed by atoms with Crippen molar-refractivity contribution in [2.75, 3.05) is 19.6 Å². The highest BCUT2D eigenvalue weighted by Crippen LogP contribution is 2.33. The quantitative estimate of drug-likeness (QED) is 0.892. The topological polar surface area (TPSA) is 43.7 Å². The molecule has 1 atom stereocenters. The Bertz CT molecular complexity index is 742. The van der Waals surface area contributed by atoms with Crippen molar-refractivity contribution in [3.63, 3.8) is 0 Å². The molecule has 3 nitrogen and oxygen atoms in total. The van der Waals surface area contributed by atoms with Crippen LogP contribution in [0.4, 0.5) is 8.78 Å². The second kappa shape index (κ2) is 7.20. The second-order valence-electron chi connectivity index (χ2n) is 6.89. The fourth-order valence-corrected chi connectivity index (χ4v) is 3.40. The van der Waals surface area contributed by atoms with Gasteiger partial charge in [0, 0.05) is 19.6 Å². The number of likely N-dealkylation sites (tertiary alicyclic amines) is 1. The zero-order valence-corrected chi connectivity index (χ0v) is 14.3. The molecular formula is C20H23F2NO2. The van der Waals surface area contributed by atoms with Crippen LogP contribution in [-0.4, -0.2) is 34.7 Å². The summed E-state index contributed by atoms with van der Waals surface area (Å²) in [6.07, 6.45) is 0.252. The lowest BCUT2D eigenvalue weighted by Crippen LogP contribution is -2.44. The van der Waals surface area contributed by atoms with Crippen LogP contribution in [0, 0.1) is 18.6 Å². The number of nitrogens with zero attached hydrogens (tertiary/aromatic N) is 1. The van der Waals surface area contributed by atoms with Crippen LogP contribution in [0.1, 0.15) is 35.6 Å². The van der Waals surface area contributed by atoms with E-state index >= 15 is 0 Å². The molecule has 5 heteroatoms. The first-order valence-electron chi connectivity index (χ1n) is 8.52. The van der Waals surface area contributed by atoms with Crippen LogP contribution < -0.4 is 0 Å². The number of halogens is 2. The minimum absolute atomic E-state index is 0.328. The van der Waals surface area contributed by atoms with Crippen LogP contribution in [0.15, 0.2) is 42.5 Å². The number of hydrogen-bond acceptors (Lipinski definition) is 3. The van der Waals surface area contributed by atoms with Crippen LogP contribution in [0.5, 0.6) is 0 Å². The number of benzene rings is 2. The van der Waals surface area contributed by atoms with E-state index in [9.17, 15) is 19.0 Å². The van der Waals surface area contributed by atoms with Crippen LogP contribution in [0.3, 0.4) is 0 Å². The molecule has 1 saturated heterocycles. The van der Waals surface area contributed by atoms with E-state index in [0.717, 1.165) is 23.3 Å². The van der Waals surface area contributed by atoms with Crippen molar-refractivity contribution in [1.82, 2.24) is 4.90 Å². The van der Waals surface area contributed by atoms with Crippen molar-refractivity contribution < 1.29 is 19.0 Å². The minimum atomic E-state index is -0.955. The lowest BCUT2D eigenvalue weighted by atomic mass is 9.84. The first kappa shape index (κ1) is 18.0. The molecule has 0 unspecified atom stereocenters. The zero-order valence-electron chi connectivity index (χ0n) is 14.3. The number of aliphatic hydroxyl groups is 2. The summed E-state index contributed by atoms with van der Waals surface area (Å²) in [6.45, 7) is 3.59. The van der Waals surface area contributed by atoms with Gasteiger partial charge in [-0.3, -0.25) is 0 Å². The van der Waals surface area contributed by atoms with Gasteiger partial charge in [0.2, 0.25) is 0 Å². The molecule has 0 amide bonds. The van der Waals surface area contributed by atoms with E-state index in [4.69, 9.17) is 0 Å². The van der Waals surface area contributed by atoms with Gasteiger partial charge in [-0.1, -0.05) is 35.9 Å². The highest BCUT2D eigenvalue weighted by atomic mass is 19.2. The molecule has 0 radical (unpaired) electrons. The number of β-amino-alcohol motifs (C(OH)–C–C–N with tert-alkyl or cyclic N) is 1. The highest BCUT2D eigenvalue weighted by molar-refractivity contribution is 5.28. The third kappa shape index (κ3) is 4.06. The summed E-state index contributed by atoms with van der Waals surface area (Å²) in [5, 5.41) is 21.2. The number of aryl methyl sites for hydroxylation is 1. The van der Waals surface area contributed by atoms with E-state index in [1.165, 1.54) is 6.07 Å². The fourth-order valence-electron chi connectivity index (χ4n) is 3.40. The Balaban J connectivity index is 1.61. The Morgan fingerprint density at radius 1 is 1.08 bits per heavy atom. The van der Waals surface area contributed by atoms with Crippen molar-refractivity contribution in [3.8, 4) is 0 Å². The average Bonchev–Trinajstić information content (AvgIpc) is 2.59. The Kier molecular flexibility index (Phi) is 5.18. The van der Waals surface area contributed by atoms with Crippen molar-refractivity contribution in [3.05, 3.63) is 70.8 Å². The van der Waals surface area contributed by atoms with Crippen molar-refractivity contribution in [2.24, 2.45) is 0 Å². The Morgan fingerprint density at radius 3 is 2.44 bits per heavy atom. The van der Waals surface area contributed by atoms with Gasteiger partial charge in [0.05, 0.1) is 11.7 Å². The third-order valence-electron chi connectivity index (χ3n) is 5.00. The molecule has 25 heavy (non-hydrogen) atoms. The first-order chi connectivity index (χ1) is 11.9. The molecule has 0 aliphatic carbocycles. The lowest BCUT2D eigenvalue weighted by Gasteiger charge is -2.39. The Hall–Kier alpha value is -1.82. The summed E-state index contributed by atoms with van der Waals surface area (Å²) in [7, 11) is 0. The molecule has 1 aliphatic heterocycles. The molecule has 2 N–H and O–H groups in total. The van der Waals surface area contributed by atoms with Crippen molar-refractivity contribution in [2.45, 2.75) is 31.5 Å². The number of rotatable bonds is 4. The normalized spacial score (nSPS) is 18.9. The molecule has 0 bridgehead atoms. The molecule has 1 aliphatic rings. The van der Waals surface area contributed by atoms with Crippen LogP contribution in [-0.2, 0) is 5.60 Å². The Morgan fingerprint density at radius 2 is 1.80 bits per heavy atom. The summed E-state index contributed by atoms with van der Waals surface area (Å²) >= 11 is 0. The van der Waals surface area contributed by atoms with Gasteiger partial charge in [-0.25, -0.2) is 8.78 Å². The Labute approximate surface area is 146 Å². The van der Waals surface area contributed by atoms with E-state index in [0.29, 0.717) is 38.0 Å². The number of hydrogen-bond donors (Lipinski definition) is 2. The SMILES string of the molecule is Cc1cccc(C2(O)CCN(C[C@H](O)c3ccc(F)c(F)c3)CC2)c1. The zero-order chi connectivity index (χ0) is 18.0. The number of aliphatic hydroxyl groups excluding tert-OH is 1. The minimum Gasteiger partial charge on any atom is -0.387 e.